The van der Waals surface area contributed by atoms with Gasteiger partial charge in [0.1, 0.15) is 5.76 Å². The van der Waals surface area contributed by atoms with Gasteiger partial charge in [-0.05, 0) is 37.7 Å². The van der Waals surface area contributed by atoms with E-state index in [1.807, 2.05) is 37.9 Å². The van der Waals surface area contributed by atoms with Gasteiger partial charge in [-0.25, -0.2) is 0 Å². The van der Waals surface area contributed by atoms with Crippen LogP contribution < -0.4 is 5.32 Å². The Hall–Kier alpha value is -2.64. The third-order valence-electron chi connectivity index (χ3n) is 6.14. The maximum absolute atomic E-state index is 13.0. The number of aromatic nitrogens is 3. The molecule has 2 aromatic heterocycles. The molecule has 0 aromatic carbocycles. The highest BCUT2D eigenvalue weighted by Crippen LogP contribution is 2.54. The summed E-state index contributed by atoms with van der Waals surface area (Å²) in [5, 5.41) is 11.4. The minimum atomic E-state index is -0.0859. The first-order chi connectivity index (χ1) is 13.4. The van der Waals surface area contributed by atoms with Gasteiger partial charge in [0, 0.05) is 43.0 Å². The number of likely N-dealkylation sites (tertiary alicyclic amines) is 1. The Morgan fingerprint density at radius 3 is 2.75 bits per heavy atom. The normalized spacial score (nSPS) is 20.6. The monoisotopic (exact) mass is 385 g/mol. The van der Waals surface area contributed by atoms with Gasteiger partial charge in [-0.1, -0.05) is 19.0 Å². The number of carbonyl (C=O) groups excluding carboxylic acids is 2. The Morgan fingerprint density at radius 1 is 1.36 bits per heavy atom. The molecule has 1 spiro atoms. The molecule has 4 rings (SSSR count). The molecule has 1 saturated heterocycles. The van der Waals surface area contributed by atoms with E-state index in [0.29, 0.717) is 31.1 Å². The number of aryl methyl sites for hydroxylation is 1. The molecule has 3 heterocycles. The summed E-state index contributed by atoms with van der Waals surface area (Å²) < 4.78 is 7.06. The molecule has 0 radical (unpaired) electrons. The molecule has 0 bridgehead atoms. The molecule has 1 unspecified atom stereocenters. The predicted molar refractivity (Wildman–Crippen MR) is 102 cm³/mol. The lowest BCUT2D eigenvalue weighted by Crippen LogP contribution is -2.42. The summed E-state index contributed by atoms with van der Waals surface area (Å²) >= 11 is 0. The van der Waals surface area contributed by atoms with Crippen LogP contribution in [-0.4, -0.2) is 50.8 Å². The Balaban J connectivity index is 1.38. The Bertz CT molecular complexity index is 863. The van der Waals surface area contributed by atoms with Crippen molar-refractivity contribution in [3.8, 4) is 0 Å². The van der Waals surface area contributed by atoms with Crippen LogP contribution in [0.15, 0.2) is 23.0 Å². The third kappa shape index (κ3) is 3.43. The Kier molecular flexibility index (Phi) is 4.72. The lowest BCUT2D eigenvalue weighted by molar-refractivity contribution is -0.124. The highest BCUT2D eigenvalue weighted by atomic mass is 16.5. The number of nitrogens with one attached hydrogen (secondary N) is 1. The average molecular weight is 385 g/mol. The number of hydrogen-bond donors (Lipinski definition) is 1. The van der Waals surface area contributed by atoms with Gasteiger partial charge in [0.15, 0.2) is 5.69 Å². The van der Waals surface area contributed by atoms with Gasteiger partial charge < -0.3 is 14.7 Å². The first kappa shape index (κ1) is 18.7. The van der Waals surface area contributed by atoms with Crippen molar-refractivity contribution in [2.45, 2.75) is 52.6 Å². The van der Waals surface area contributed by atoms with Gasteiger partial charge in [0.25, 0.3) is 5.91 Å². The van der Waals surface area contributed by atoms with Gasteiger partial charge in [-0.2, -0.15) is 5.10 Å². The van der Waals surface area contributed by atoms with Crippen molar-refractivity contribution < 1.29 is 14.1 Å². The molecule has 1 atom stereocenters. The average Bonchev–Trinajstić information content (AvgIpc) is 3.03. The maximum Gasteiger partial charge on any atom is 0.276 e. The Morgan fingerprint density at radius 2 is 2.11 bits per heavy atom. The van der Waals surface area contributed by atoms with E-state index in [1.54, 1.807) is 10.9 Å². The van der Waals surface area contributed by atoms with Gasteiger partial charge >= 0.3 is 0 Å². The molecule has 1 aliphatic carbocycles. The standard InChI is InChI=1S/C20H27N5O3/c1-13(2)18(26)22-16-11-20(16)5-9-24(10-6-20)19(27)17-15(14(3)28-23-17)12-25-8-4-7-21-25/h4,7-8,13,16H,5-6,9-12H2,1-3H3,(H,22,26). The van der Waals surface area contributed by atoms with Crippen LogP contribution >= 0.6 is 0 Å². The SMILES string of the molecule is Cc1onc(C(=O)N2CCC3(CC2)CC3NC(=O)C(C)C)c1Cn1cccn1. The van der Waals surface area contributed by atoms with Gasteiger partial charge in [0.2, 0.25) is 5.91 Å². The van der Waals surface area contributed by atoms with Crippen LogP contribution in [0.25, 0.3) is 0 Å². The van der Waals surface area contributed by atoms with Crippen LogP contribution in [0.4, 0.5) is 0 Å². The molecule has 8 heteroatoms. The first-order valence-corrected chi connectivity index (χ1v) is 9.92. The second kappa shape index (κ2) is 7.07. The van der Waals surface area contributed by atoms with E-state index >= 15 is 0 Å². The minimum Gasteiger partial charge on any atom is -0.361 e. The number of piperidine rings is 1. The van der Waals surface area contributed by atoms with Crippen LogP contribution in [0.2, 0.25) is 0 Å². The lowest BCUT2D eigenvalue weighted by Gasteiger charge is -2.32. The fourth-order valence-electron chi connectivity index (χ4n) is 4.05. The molecular weight excluding hydrogens is 358 g/mol. The zero-order valence-electron chi connectivity index (χ0n) is 16.6. The van der Waals surface area contributed by atoms with Gasteiger partial charge in [-0.15, -0.1) is 0 Å². The van der Waals surface area contributed by atoms with Crippen molar-refractivity contribution in [1.29, 1.82) is 0 Å². The van der Waals surface area contributed by atoms with E-state index in [0.717, 1.165) is 24.8 Å². The smallest absolute Gasteiger partial charge is 0.276 e. The zero-order valence-corrected chi connectivity index (χ0v) is 16.6. The first-order valence-electron chi connectivity index (χ1n) is 9.92. The van der Waals surface area contributed by atoms with Crippen molar-refractivity contribution in [3.63, 3.8) is 0 Å². The number of amides is 2. The summed E-state index contributed by atoms with van der Waals surface area (Å²) in [5.74, 6) is 0.674. The second-order valence-corrected chi connectivity index (χ2v) is 8.34. The molecule has 2 fully saturated rings. The van der Waals surface area contributed by atoms with E-state index in [4.69, 9.17) is 4.52 Å². The third-order valence-corrected chi connectivity index (χ3v) is 6.14. The second-order valence-electron chi connectivity index (χ2n) is 8.34. The van der Waals surface area contributed by atoms with Crippen molar-refractivity contribution in [3.05, 3.63) is 35.5 Å². The van der Waals surface area contributed by atoms with E-state index in [-0.39, 0.29) is 29.2 Å². The van der Waals surface area contributed by atoms with Crippen molar-refractivity contribution in [2.24, 2.45) is 11.3 Å². The van der Waals surface area contributed by atoms with Gasteiger partial charge in [-0.3, -0.25) is 14.3 Å². The molecule has 1 saturated carbocycles. The molecule has 2 amide bonds. The molecule has 8 nitrogen and oxygen atoms in total. The number of nitrogens with zero attached hydrogens (tertiary/aromatic N) is 4. The van der Waals surface area contributed by atoms with Crippen LogP contribution in [-0.2, 0) is 11.3 Å². The fourth-order valence-corrected chi connectivity index (χ4v) is 4.05. The largest absolute Gasteiger partial charge is 0.361 e. The summed E-state index contributed by atoms with van der Waals surface area (Å²) in [6.07, 6.45) is 6.39. The highest BCUT2D eigenvalue weighted by molar-refractivity contribution is 5.94. The van der Waals surface area contributed by atoms with E-state index in [1.165, 1.54) is 0 Å². The molecule has 2 aliphatic rings. The Labute approximate surface area is 164 Å². The maximum atomic E-state index is 13.0. The van der Waals surface area contributed by atoms with Crippen LogP contribution in [0.3, 0.4) is 0 Å². The quantitative estimate of drug-likeness (QED) is 0.850. The molecular formula is C20H27N5O3. The lowest BCUT2D eigenvalue weighted by atomic mass is 9.92. The topological polar surface area (TPSA) is 93.3 Å². The molecule has 150 valence electrons. The van der Waals surface area contributed by atoms with E-state index in [9.17, 15) is 9.59 Å². The van der Waals surface area contributed by atoms with Gasteiger partial charge in [0.05, 0.1) is 6.54 Å². The number of rotatable bonds is 5. The fraction of sp³-hybridized carbons (Fsp3) is 0.600. The summed E-state index contributed by atoms with van der Waals surface area (Å²) in [6.45, 7) is 7.46. The highest BCUT2D eigenvalue weighted by Gasteiger charge is 2.56. The van der Waals surface area contributed by atoms with Crippen molar-refractivity contribution in [2.75, 3.05) is 13.1 Å². The summed E-state index contributed by atoms with van der Waals surface area (Å²) in [5.41, 5.74) is 1.32. The van der Waals surface area contributed by atoms with Crippen molar-refractivity contribution >= 4 is 11.8 Å². The summed E-state index contributed by atoms with van der Waals surface area (Å²) in [4.78, 5) is 26.8. The van der Waals surface area contributed by atoms with E-state index < -0.39 is 0 Å². The molecule has 1 N–H and O–H groups in total. The summed E-state index contributed by atoms with van der Waals surface area (Å²) in [6, 6.07) is 2.10. The summed E-state index contributed by atoms with van der Waals surface area (Å²) in [7, 11) is 0. The zero-order chi connectivity index (χ0) is 19.9. The minimum absolute atomic E-state index is 0.00271. The number of carbonyl (C=O) groups is 2. The number of hydrogen-bond acceptors (Lipinski definition) is 5. The van der Waals surface area contributed by atoms with Crippen LogP contribution in [0, 0.1) is 18.3 Å². The predicted octanol–water partition coefficient (Wildman–Crippen LogP) is 1.99. The van der Waals surface area contributed by atoms with Crippen LogP contribution in [0.5, 0.6) is 0 Å². The molecule has 1 aliphatic heterocycles. The van der Waals surface area contributed by atoms with E-state index in [2.05, 4.69) is 15.6 Å². The van der Waals surface area contributed by atoms with Crippen LogP contribution in [0.1, 0.15) is 54.9 Å². The molecule has 28 heavy (non-hydrogen) atoms. The van der Waals surface area contributed by atoms with Crippen molar-refractivity contribution in [1.82, 2.24) is 25.2 Å². The molecule has 2 aromatic rings.